The molecule has 2 aromatic heterocycles. The van der Waals surface area contributed by atoms with E-state index >= 15 is 0 Å². The number of nitrogens with two attached hydrogens (primary N) is 1. The van der Waals surface area contributed by atoms with Gasteiger partial charge in [-0.15, -0.1) is 0 Å². The normalized spacial score (nSPS) is 11.0. The monoisotopic (exact) mass is 378 g/mol. The number of rotatable bonds is 4. The molecule has 2 N–H and O–H groups in total. The molecule has 0 bridgehead atoms. The highest BCUT2D eigenvalue weighted by Crippen LogP contribution is 2.43. The third kappa shape index (κ3) is 2.68. The molecule has 0 unspecified atom stereocenters. The summed E-state index contributed by atoms with van der Waals surface area (Å²) >= 11 is 0. The predicted molar refractivity (Wildman–Crippen MR) is 107 cm³/mol. The van der Waals surface area contributed by atoms with Crippen LogP contribution < -0.4 is 25.4 Å². The second-order valence-corrected chi connectivity index (χ2v) is 6.12. The topological polar surface area (TPSA) is 96.8 Å². The quantitative estimate of drug-likeness (QED) is 0.542. The van der Waals surface area contributed by atoms with Gasteiger partial charge in [0.1, 0.15) is 28.8 Å². The van der Waals surface area contributed by atoms with Crippen molar-refractivity contribution in [2.75, 3.05) is 27.1 Å². The molecule has 2 heterocycles. The Kier molecular flexibility index (Phi) is 4.27. The Bertz CT molecular complexity index is 1250. The van der Waals surface area contributed by atoms with Crippen molar-refractivity contribution in [3.63, 3.8) is 0 Å². The molecule has 4 aromatic rings. The molecule has 0 radical (unpaired) electrons. The smallest absolute Gasteiger partial charge is 0.193 e. The summed E-state index contributed by atoms with van der Waals surface area (Å²) in [5.41, 5.74) is 6.46. The number of hydrogen-bond donors (Lipinski definition) is 1. The summed E-state index contributed by atoms with van der Waals surface area (Å²) in [6.45, 7) is 0. The zero-order valence-corrected chi connectivity index (χ0v) is 15.6. The van der Waals surface area contributed by atoms with Gasteiger partial charge < -0.3 is 24.4 Å². The second-order valence-electron chi connectivity index (χ2n) is 6.12. The van der Waals surface area contributed by atoms with Gasteiger partial charge >= 0.3 is 0 Å². The van der Waals surface area contributed by atoms with Crippen molar-refractivity contribution in [1.29, 1.82) is 0 Å². The maximum Gasteiger partial charge on any atom is 0.193 e. The molecule has 0 atom stereocenters. The highest BCUT2D eigenvalue weighted by atomic mass is 16.5. The maximum absolute atomic E-state index is 12.9. The minimum absolute atomic E-state index is 0.210. The first-order valence-electron chi connectivity index (χ1n) is 8.48. The van der Waals surface area contributed by atoms with Crippen LogP contribution in [0.1, 0.15) is 0 Å². The van der Waals surface area contributed by atoms with Gasteiger partial charge in [0.05, 0.1) is 37.5 Å². The van der Waals surface area contributed by atoms with E-state index in [1.165, 1.54) is 13.2 Å². The fraction of sp³-hybridized carbons (Fsp3) is 0.143. The van der Waals surface area contributed by atoms with Gasteiger partial charge in [0.15, 0.2) is 11.0 Å². The van der Waals surface area contributed by atoms with Crippen LogP contribution in [0.2, 0.25) is 0 Å². The van der Waals surface area contributed by atoms with E-state index < -0.39 is 0 Å². The van der Waals surface area contributed by atoms with E-state index in [9.17, 15) is 4.79 Å². The predicted octanol–water partition coefficient (Wildman–Crippen LogP) is 3.62. The number of ether oxygens (including phenoxy) is 3. The van der Waals surface area contributed by atoms with E-state index in [2.05, 4.69) is 4.98 Å². The maximum atomic E-state index is 12.9. The van der Waals surface area contributed by atoms with Gasteiger partial charge in [-0.05, 0) is 30.3 Å². The molecule has 0 amide bonds. The highest BCUT2D eigenvalue weighted by Gasteiger charge is 2.20. The fourth-order valence-corrected chi connectivity index (χ4v) is 3.26. The molecule has 4 rings (SSSR count). The highest BCUT2D eigenvalue weighted by molar-refractivity contribution is 6.13. The zero-order chi connectivity index (χ0) is 19.8. The molecule has 0 saturated carbocycles. The summed E-state index contributed by atoms with van der Waals surface area (Å²) in [5.74, 6) is 2.37. The number of methoxy groups -OCH3 is 3. The lowest BCUT2D eigenvalue weighted by molar-refractivity contribution is 0.400. The standard InChI is InChI=1S/C21H18N2O5/c1-25-14-5-6-15(26-2)20-19(14)17(27-3)8-12-13(24)9-16(28-21(12)20)11-4-7-18(22)23-10-11/h4-10H,1-3H3,(H2,22,23). The Balaban J connectivity index is 2.17. The molecule has 0 aliphatic rings. The lowest BCUT2D eigenvalue weighted by atomic mass is 10.0. The summed E-state index contributed by atoms with van der Waals surface area (Å²) in [4.78, 5) is 16.9. The molecule has 2 aromatic carbocycles. The second kappa shape index (κ2) is 6.77. The van der Waals surface area contributed by atoms with Crippen LogP contribution in [0, 0.1) is 0 Å². The largest absolute Gasteiger partial charge is 0.496 e. The number of nitrogen functional groups attached to an aromatic ring is 1. The summed E-state index contributed by atoms with van der Waals surface area (Å²) < 4.78 is 22.7. The van der Waals surface area contributed by atoms with E-state index in [4.69, 9.17) is 24.4 Å². The molecule has 0 spiro atoms. The molecule has 0 saturated heterocycles. The molecule has 0 aliphatic carbocycles. The van der Waals surface area contributed by atoms with E-state index in [0.717, 1.165) is 0 Å². The Hall–Kier alpha value is -3.74. The third-order valence-electron chi connectivity index (χ3n) is 4.59. The van der Waals surface area contributed by atoms with Crippen LogP contribution in [0.25, 0.3) is 33.1 Å². The molecule has 7 heteroatoms. The van der Waals surface area contributed by atoms with Gasteiger partial charge in [-0.3, -0.25) is 4.79 Å². The van der Waals surface area contributed by atoms with Gasteiger partial charge in [-0.25, -0.2) is 4.98 Å². The van der Waals surface area contributed by atoms with Crippen LogP contribution in [-0.2, 0) is 0 Å². The number of benzene rings is 2. The molecule has 0 aliphatic heterocycles. The summed E-state index contributed by atoms with van der Waals surface area (Å²) in [5, 5.41) is 1.63. The van der Waals surface area contributed by atoms with E-state index in [1.807, 2.05) is 0 Å². The van der Waals surface area contributed by atoms with Crippen LogP contribution >= 0.6 is 0 Å². The first-order chi connectivity index (χ1) is 13.6. The Morgan fingerprint density at radius 1 is 0.893 bits per heavy atom. The lowest BCUT2D eigenvalue weighted by Gasteiger charge is -2.15. The van der Waals surface area contributed by atoms with Crippen LogP contribution in [0.5, 0.6) is 17.2 Å². The van der Waals surface area contributed by atoms with Crippen LogP contribution in [0.4, 0.5) is 5.82 Å². The molecule has 7 nitrogen and oxygen atoms in total. The van der Waals surface area contributed by atoms with Crippen LogP contribution in [0.3, 0.4) is 0 Å². The lowest BCUT2D eigenvalue weighted by Crippen LogP contribution is -2.03. The van der Waals surface area contributed by atoms with Gasteiger partial charge in [0.25, 0.3) is 0 Å². The molecule has 28 heavy (non-hydrogen) atoms. The molecule has 142 valence electrons. The number of hydrogen-bond acceptors (Lipinski definition) is 7. The minimum Gasteiger partial charge on any atom is -0.496 e. The zero-order valence-electron chi connectivity index (χ0n) is 15.6. The Morgan fingerprint density at radius 3 is 2.18 bits per heavy atom. The summed E-state index contributed by atoms with van der Waals surface area (Å²) in [6, 6.07) is 10.0. The third-order valence-corrected chi connectivity index (χ3v) is 4.59. The van der Waals surface area contributed by atoms with Crippen molar-refractivity contribution in [3.05, 3.63) is 52.8 Å². The number of pyridine rings is 1. The van der Waals surface area contributed by atoms with Crippen molar-refractivity contribution in [3.8, 4) is 28.6 Å². The number of anilines is 1. The van der Waals surface area contributed by atoms with E-state index in [-0.39, 0.29) is 5.43 Å². The number of fused-ring (bicyclic) bond motifs is 3. The summed E-state index contributed by atoms with van der Waals surface area (Å²) in [6.07, 6.45) is 1.56. The van der Waals surface area contributed by atoms with Crippen molar-refractivity contribution < 1.29 is 18.6 Å². The first-order valence-corrected chi connectivity index (χ1v) is 8.48. The van der Waals surface area contributed by atoms with Gasteiger partial charge in [-0.2, -0.15) is 0 Å². The van der Waals surface area contributed by atoms with Gasteiger partial charge in [0.2, 0.25) is 0 Å². The van der Waals surface area contributed by atoms with Crippen molar-refractivity contribution in [2.24, 2.45) is 0 Å². The van der Waals surface area contributed by atoms with Crippen LogP contribution in [0.15, 0.2) is 51.8 Å². The van der Waals surface area contributed by atoms with Crippen molar-refractivity contribution in [2.45, 2.75) is 0 Å². The molecule has 0 fully saturated rings. The average molecular weight is 378 g/mol. The number of nitrogens with zero attached hydrogens (tertiary/aromatic N) is 1. The number of aromatic nitrogens is 1. The van der Waals surface area contributed by atoms with Gasteiger partial charge in [0, 0.05) is 17.8 Å². The average Bonchev–Trinajstić information content (AvgIpc) is 2.72. The Morgan fingerprint density at radius 2 is 1.57 bits per heavy atom. The Labute approximate surface area is 160 Å². The molecular weight excluding hydrogens is 360 g/mol. The first kappa shape index (κ1) is 17.7. The molecular formula is C21H18N2O5. The van der Waals surface area contributed by atoms with Crippen molar-refractivity contribution in [1.82, 2.24) is 4.98 Å². The van der Waals surface area contributed by atoms with E-state index in [0.29, 0.717) is 56.1 Å². The van der Waals surface area contributed by atoms with Gasteiger partial charge in [-0.1, -0.05) is 0 Å². The van der Waals surface area contributed by atoms with E-state index in [1.54, 1.807) is 50.7 Å². The van der Waals surface area contributed by atoms with Crippen LogP contribution in [-0.4, -0.2) is 26.3 Å². The minimum atomic E-state index is -0.210. The van der Waals surface area contributed by atoms with Crippen molar-refractivity contribution >= 4 is 27.6 Å². The SMILES string of the molecule is COc1ccc(OC)c2c1c(OC)cc1c(=O)cc(-c3ccc(N)nc3)oc12. The summed E-state index contributed by atoms with van der Waals surface area (Å²) in [7, 11) is 4.66. The fourth-order valence-electron chi connectivity index (χ4n) is 3.26.